The lowest BCUT2D eigenvalue weighted by Crippen LogP contribution is -2.41. The Morgan fingerprint density at radius 1 is 1.25 bits per heavy atom. The highest BCUT2D eigenvalue weighted by molar-refractivity contribution is 9.10. The number of aromatic hydroxyl groups is 1. The van der Waals surface area contributed by atoms with E-state index < -0.39 is 29.1 Å². The van der Waals surface area contributed by atoms with Crippen molar-refractivity contribution in [1.29, 1.82) is 0 Å². The van der Waals surface area contributed by atoms with Gasteiger partial charge in [-0.25, -0.2) is 14.0 Å². The first-order valence-corrected chi connectivity index (χ1v) is 6.35. The van der Waals surface area contributed by atoms with E-state index in [1.54, 1.807) is 0 Å². The van der Waals surface area contributed by atoms with E-state index in [0.29, 0.717) is 0 Å². The van der Waals surface area contributed by atoms with Gasteiger partial charge in [-0.05, 0) is 28.1 Å². The van der Waals surface area contributed by atoms with Crippen LogP contribution in [0.25, 0.3) is 6.08 Å². The van der Waals surface area contributed by atoms with Crippen LogP contribution < -0.4 is 0 Å². The Kier molecular flexibility index (Phi) is 3.56. The van der Waals surface area contributed by atoms with Crippen LogP contribution in [0.2, 0.25) is 0 Å². The number of carbonyl (C=O) groups is 2. The van der Waals surface area contributed by atoms with Gasteiger partial charge in [0.2, 0.25) is 0 Å². The predicted octanol–water partition coefficient (Wildman–Crippen LogP) is 2.51. The van der Waals surface area contributed by atoms with Crippen LogP contribution >= 0.6 is 15.9 Å². The maximum absolute atomic E-state index is 13.7. The van der Waals surface area contributed by atoms with Crippen LogP contribution in [-0.2, 0) is 19.1 Å². The molecule has 1 N–H and O–H groups in total. The number of carbonyl (C=O) groups excluding carboxylic acids is 2. The number of benzene rings is 1. The van der Waals surface area contributed by atoms with Crippen molar-refractivity contribution >= 4 is 33.9 Å². The molecule has 1 aromatic carbocycles. The van der Waals surface area contributed by atoms with Crippen LogP contribution in [0.15, 0.2) is 22.2 Å². The smallest absolute Gasteiger partial charge is 0.348 e. The first-order valence-electron chi connectivity index (χ1n) is 5.56. The van der Waals surface area contributed by atoms with Gasteiger partial charge in [0.25, 0.3) is 5.79 Å². The Hall–Kier alpha value is -1.89. The Labute approximate surface area is 122 Å². The van der Waals surface area contributed by atoms with Crippen molar-refractivity contribution in [2.24, 2.45) is 0 Å². The molecule has 0 spiro atoms. The average Bonchev–Trinajstić information content (AvgIpc) is 2.28. The number of phenols is 1. The third-order valence-electron chi connectivity index (χ3n) is 2.48. The van der Waals surface area contributed by atoms with Crippen molar-refractivity contribution in [3.63, 3.8) is 0 Å². The molecule has 2 rings (SSSR count). The zero-order valence-electron chi connectivity index (χ0n) is 10.6. The first kappa shape index (κ1) is 14.5. The predicted molar refractivity (Wildman–Crippen MR) is 70.0 cm³/mol. The Balaban J connectivity index is 2.43. The molecule has 0 aromatic heterocycles. The van der Waals surface area contributed by atoms with Crippen molar-refractivity contribution < 1.29 is 28.6 Å². The van der Waals surface area contributed by atoms with Gasteiger partial charge in [-0.3, -0.25) is 0 Å². The molecule has 7 heteroatoms. The Morgan fingerprint density at radius 2 is 1.80 bits per heavy atom. The second-order valence-corrected chi connectivity index (χ2v) is 5.42. The first-order chi connectivity index (χ1) is 9.19. The SMILES string of the molecule is CC1(C)OC(=O)C(=Cc2cc(Br)c(O)cc2F)C(=O)O1. The molecule has 0 bridgehead atoms. The summed E-state index contributed by atoms with van der Waals surface area (Å²) in [4.78, 5) is 23.4. The normalized spacial score (nSPS) is 17.5. The standard InChI is InChI=1S/C13H10BrFO5/c1-13(2)19-11(17)7(12(18)20-13)3-6-4-8(14)10(16)5-9(6)15/h3-5,16H,1-2H3. The minimum Gasteiger partial charge on any atom is -0.507 e. The highest BCUT2D eigenvalue weighted by Gasteiger charge is 2.39. The van der Waals surface area contributed by atoms with Crippen molar-refractivity contribution in [3.8, 4) is 5.75 Å². The van der Waals surface area contributed by atoms with E-state index in [0.717, 1.165) is 12.1 Å². The van der Waals surface area contributed by atoms with Crippen molar-refractivity contribution in [1.82, 2.24) is 0 Å². The second-order valence-electron chi connectivity index (χ2n) is 4.56. The van der Waals surface area contributed by atoms with Crippen molar-refractivity contribution in [2.75, 3.05) is 0 Å². The molecule has 0 saturated carbocycles. The molecule has 106 valence electrons. The number of halogens is 2. The van der Waals surface area contributed by atoms with E-state index in [4.69, 9.17) is 9.47 Å². The van der Waals surface area contributed by atoms with Gasteiger partial charge in [-0.2, -0.15) is 0 Å². The number of ether oxygens (including phenoxy) is 2. The van der Waals surface area contributed by atoms with Gasteiger partial charge in [0, 0.05) is 25.5 Å². The largest absolute Gasteiger partial charge is 0.507 e. The lowest BCUT2D eigenvalue weighted by molar-refractivity contribution is -0.222. The zero-order chi connectivity index (χ0) is 15.1. The summed E-state index contributed by atoms with van der Waals surface area (Å²) in [7, 11) is 0. The molecule has 0 unspecified atom stereocenters. The molecule has 0 aliphatic carbocycles. The van der Waals surface area contributed by atoms with E-state index >= 15 is 0 Å². The number of hydrogen-bond acceptors (Lipinski definition) is 5. The van der Waals surface area contributed by atoms with E-state index in [-0.39, 0.29) is 15.8 Å². The minimum absolute atomic E-state index is 0.0571. The Morgan fingerprint density at radius 3 is 2.35 bits per heavy atom. The number of phenolic OH excluding ortho intramolecular Hbond substituents is 1. The summed E-state index contributed by atoms with van der Waals surface area (Å²) in [5.74, 6) is -4.22. The van der Waals surface area contributed by atoms with Crippen LogP contribution in [0.4, 0.5) is 4.39 Å². The van der Waals surface area contributed by atoms with Gasteiger partial charge in [0.1, 0.15) is 17.1 Å². The second kappa shape index (κ2) is 4.90. The fourth-order valence-corrected chi connectivity index (χ4v) is 1.96. The van der Waals surface area contributed by atoms with Crippen molar-refractivity contribution in [3.05, 3.63) is 33.6 Å². The van der Waals surface area contributed by atoms with Gasteiger partial charge >= 0.3 is 11.9 Å². The topological polar surface area (TPSA) is 72.8 Å². The van der Waals surface area contributed by atoms with Gasteiger partial charge in [0.15, 0.2) is 0 Å². The number of esters is 2. The lowest BCUT2D eigenvalue weighted by atomic mass is 10.1. The van der Waals surface area contributed by atoms with Crippen LogP contribution in [0.3, 0.4) is 0 Å². The average molecular weight is 345 g/mol. The van der Waals surface area contributed by atoms with Gasteiger partial charge in [0.05, 0.1) is 4.47 Å². The number of cyclic esters (lactones) is 2. The van der Waals surface area contributed by atoms with Crippen LogP contribution in [0.1, 0.15) is 19.4 Å². The van der Waals surface area contributed by atoms with Crippen LogP contribution in [-0.4, -0.2) is 22.8 Å². The molecular formula is C13H10BrFO5. The maximum atomic E-state index is 13.7. The summed E-state index contributed by atoms with van der Waals surface area (Å²) in [5, 5.41) is 9.31. The number of rotatable bonds is 1. The molecule has 1 aliphatic rings. The quantitative estimate of drug-likeness (QED) is 0.481. The molecule has 1 saturated heterocycles. The fraction of sp³-hybridized carbons (Fsp3) is 0.231. The zero-order valence-corrected chi connectivity index (χ0v) is 12.2. The highest BCUT2D eigenvalue weighted by Crippen LogP contribution is 2.29. The summed E-state index contributed by atoms with van der Waals surface area (Å²) in [6, 6.07) is 2.10. The summed E-state index contributed by atoms with van der Waals surface area (Å²) in [5.41, 5.74) is -0.473. The van der Waals surface area contributed by atoms with E-state index in [9.17, 15) is 19.1 Å². The van der Waals surface area contributed by atoms with Crippen molar-refractivity contribution in [2.45, 2.75) is 19.6 Å². The van der Waals surface area contributed by atoms with E-state index in [1.807, 2.05) is 0 Å². The molecule has 0 amide bonds. The Bertz CT molecular complexity index is 614. The molecule has 20 heavy (non-hydrogen) atoms. The molecular weight excluding hydrogens is 335 g/mol. The summed E-state index contributed by atoms with van der Waals surface area (Å²) < 4.78 is 23.7. The fourth-order valence-electron chi connectivity index (χ4n) is 1.60. The third kappa shape index (κ3) is 2.82. The lowest BCUT2D eigenvalue weighted by Gasteiger charge is -2.29. The summed E-state index contributed by atoms with van der Waals surface area (Å²) in [6.45, 7) is 2.83. The monoisotopic (exact) mass is 344 g/mol. The molecule has 1 heterocycles. The van der Waals surface area contributed by atoms with E-state index in [2.05, 4.69) is 15.9 Å². The summed E-state index contributed by atoms with van der Waals surface area (Å²) >= 11 is 3.02. The van der Waals surface area contributed by atoms with E-state index in [1.165, 1.54) is 19.9 Å². The number of hydrogen-bond donors (Lipinski definition) is 1. The van der Waals surface area contributed by atoms with Gasteiger partial charge in [-0.15, -0.1) is 0 Å². The molecule has 1 aromatic rings. The van der Waals surface area contributed by atoms with Crippen LogP contribution in [0.5, 0.6) is 5.75 Å². The molecule has 1 aliphatic heterocycles. The molecule has 5 nitrogen and oxygen atoms in total. The molecule has 0 radical (unpaired) electrons. The van der Waals surface area contributed by atoms with Gasteiger partial charge in [-0.1, -0.05) is 0 Å². The summed E-state index contributed by atoms with van der Waals surface area (Å²) in [6.07, 6.45) is 1.01. The highest BCUT2D eigenvalue weighted by atomic mass is 79.9. The maximum Gasteiger partial charge on any atom is 0.348 e. The van der Waals surface area contributed by atoms with Gasteiger partial charge < -0.3 is 14.6 Å². The minimum atomic E-state index is -1.35. The van der Waals surface area contributed by atoms with Crippen LogP contribution in [0, 0.1) is 5.82 Å². The molecule has 0 atom stereocenters. The third-order valence-corrected chi connectivity index (χ3v) is 3.12. The molecule has 1 fully saturated rings.